The molecular weight excluding hydrogens is 398 g/mol. The molecule has 0 N–H and O–H groups in total. The van der Waals surface area contributed by atoms with E-state index in [2.05, 4.69) is 53.2 Å². The van der Waals surface area contributed by atoms with Gasteiger partial charge in [-0.3, -0.25) is 4.90 Å². The van der Waals surface area contributed by atoms with Crippen LogP contribution in [0.1, 0.15) is 5.69 Å². The summed E-state index contributed by atoms with van der Waals surface area (Å²) in [6.45, 7) is 4.80. The van der Waals surface area contributed by atoms with E-state index in [0.29, 0.717) is 0 Å². The van der Waals surface area contributed by atoms with Crippen LogP contribution in [0.3, 0.4) is 0 Å². The number of thiazole rings is 1. The number of anilines is 1. The van der Waals surface area contributed by atoms with Crippen molar-refractivity contribution in [1.82, 2.24) is 19.9 Å². The molecule has 0 amide bonds. The molecule has 1 aromatic carbocycles. The highest BCUT2D eigenvalue weighted by molar-refractivity contribution is 9.10. The average Bonchev–Trinajstić information content (AvgIpc) is 3.12. The third-order valence-electron chi connectivity index (χ3n) is 4.22. The predicted molar refractivity (Wildman–Crippen MR) is 105 cm³/mol. The van der Waals surface area contributed by atoms with Crippen LogP contribution in [0.25, 0.3) is 10.6 Å². The standard InChI is InChI=1S/C18H18BrN5S/c19-15-4-1-3-14(11-15)17-22-16(13-25-17)12-23-7-9-24(10-8-23)18-20-5-2-6-21-18/h1-6,11,13H,7-10,12H2. The summed E-state index contributed by atoms with van der Waals surface area (Å²) in [5.74, 6) is 0.827. The fraction of sp³-hybridized carbons (Fsp3) is 0.278. The van der Waals surface area contributed by atoms with Gasteiger partial charge in [-0.05, 0) is 18.2 Å². The van der Waals surface area contributed by atoms with Crippen LogP contribution in [0.2, 0.25) is 0 Å². The molecule has 1 aliphatic rings. The Kier molecular flexibility index (Phi) is 5.05. The number of hydrogen-bond acceptors (Lipinski definition) is 6. The molecule has 3 heterocycles. The van der Waals surface area contributed by atoms with Gasteiger partial charge < -0.3 is 4.90 Å². The van der Waals surface area contributed by atoms with Crippen LogP contribution in [-0.2, 0) is 6.54 Å². The van der Waals surface area contributed by atoms with Crippen molar-refractivity contribution in [3.63, 3.8) is 0 Å². The predicted octanol–water partition coefficient (Wildman–Crippen LogP) is 3.68. The van der Waals surface area contributed by atoms with Crippen molar-refractivity contribution in [3.8, 4) is 10.6 Å². The third-order valence-corrected chi connectivity index (χ3v) is 5.65. The van der Waals surface area contributed by atoms with Gasteiger partial charge in [0.1, 0.15) is 5.01 Å². The van der Waals surface area contributed by atoms with Crippen molar-refractivity contribution in [3.05, 3.63) is 58.3 Å². The summed E-state index contributed by atoms with van der Waals surface area (Å²) in [5, 5.41) is 3.25. The minimum Gasteiger partial charge on any atom is -0.338 e. The molecule has 2 aromatic heterocycles. The summed E-state index contributed by atoms with van der Waals surface area (Å²) in [7, 11) is 0. The average molecular weight is 416 g/mol. The number of halogens is 1. The van der Waals surface area contributed by atoms with Crippen molar-refractivity contribution in [2.45, 2.75) is 6.54 Å². The molecule has 0 spiro atoms. The summed E-state index contributed by atoms with van der Waals surface area (Å²) in [6, 6.07) is 10.2. The molecule has 1 saturated heterocycles. The molecule has 5 nitrogen and oxygen atoms in total. The summed E-state index contributed by atoms with van der Waals surface area (Å²) in [4.78, 5) is 18.2. The molecule has 25 heavy (non-hydrogen) atoms. The molecule has 0 unspecified atom stereocenters. The Hall–Kier alpha value is -1.83. The first kappa shape index (κ1) is 16.6. The maximum absolute atomic E-state index is 4.81. The number of hydrogen-bond donors (Lipinski definition) is 0. The molecule has 0 saturated carbocycles. The first-order valence-corrected chi connectivity index (χ1v) is 9.90. The number of nitrogens with zero attached hydrogens (tertiary/aromatic N) is 5. The Bertz CT molecular complexity index is 830. The van der Waals surface area contributed by atoms with E-state index in [4.69, 9.17) is 4.98 Å². The van der Waals surface area contributed by atoms with Gasteiger partial charge in [0, 0.05) is 60.5 Å². The van der Waals surface area contributed by atoms with Crippen LogP contribution in [0.4, 0.5) is 5.95 Å². The molecule has 0 bridgehead atoms. The lowest BCUT2D eigenvalue weighted by molar-refractivity contribution is 0.246. The Morgan fingerprint density at radius 1 is 1.04 bits per heavy atom. The minimum absolute atomic E-state index is 0.827. The van der Waals surface area contributed by atoms with Crippen LogP contribution < -0.4 is 4.90 Å². The van der Waals surface area contributed by atoms with E-state index >= 15 is 0 Å². The molecular formula is C18H18BrN5S. The van der Waals surface area contributed by atoms with Crippen molar-refractivity contribution in [2.75, 3.05) is 31.1 Å². The molecule has 0 radical (unpaired) electrons. The number of rotatable bonds is 4. The first-order valence-electron chi connectivity index (χ1n) is 8.22. The van der Waals surface area contributed by atoms with Gasteiger partial charge in [-0.25, -0.2) is 15.0 Å². The number of piperazine rings is 1. The Morgan fingerprint density at radius 3 is 2.60 bits per heavy atom. The zero-order valence-corrected chi connectivity index (χ0v) is 16.1. The normalized spacial score (nSPS) is 15.5. The maximum Gasteiger partial charge on any atom is 0.225 e. The molecule has 7 heteroatoms. The van der Waals surface area contributed by atoms with E-state index in [1.165, 1.54) is 0 Å². The van der Waals surface area contributed by atoms with E-state index in [-0.39, 0.29) is 0 Å². The van der Waals surface area contributed by atoms with Gasteiger partial charge in [0.05, 0.1) is 5.69 Å². The van der Waals surface area contributed by atoms with E-state index in [1.54, 1.807) is 23.7 Å². The lowest BCUT2D eigenvalue weighted by Gasteiger charge is -2.34. The molecule has 0 atom stereocenters. The second-order valence-electron chi connectivity index (χ2n) is 5.97. The highest BCUT2D eigenvalue weighted by Crippen LogP contribution is 2.26. The molecule has 1 fully saturated rings. The molecule has 128 valence electrons. The van der Waals surface area contributed by atoms with Gasteiger partial charge >= 0.3 is 0 Å². The lowest BCUT2D eigenvalue weighted by atomic mass is 10.2. The monoisotopic (exact) mass is 415 g/mol. The molecule has 0 aliphatic carbocycles. The van der Waals surface area contributed by atoms with Gasteiger partial charge in [-0.1, -0.05) is 28.1 Å². The third kappa shape index (κ3) is 4.05. The second kappa shape index (κ2) is 7.59. The van der Waals surface area contributed by atoms with Crippen LogP contribution in [0.5, 0.6) is 0 Å². The highest BCUT2D eigenvalue weighted by Gasteiger charge is 2.19. The van der Waals surface area contributed by atoms with E-state index < -0.39 is 0 Å². The van der Waals surface area contributed by atoms with Gasteiger partial charge in [0.15, 0.2) is 0 Å². The number of aromatic nitrogens is 3. The van der Waals surface area contributed by atoms with Crippen LogP contribution in [0.15, 0.2) is 52.6 Å². The highest BCUT2D eigenvalue weighted by atomic mass is 79.9. The van der Waals surface area contributed by atoms with Gasteiger partial charge in [0.2, 0.25) is 5.95 Å². The van der Waals surface area contributed by atoms with Crippen LogP contribution >= 0.6 is 27.3 Å². The van der Waals surface area contributed by atoms with E-state index in [0.717, 1.165) is 59.4 Å². The Morgan fingerprint density at radius 2 is 1.84 bits per heavy atom. The zero-order chi connectivity index (χ0) is 17.1. The van der Waals surface area contributed by atoms with Crippen LogP contribution in [0, 0.1) is 0 Å². The quantitative estimate of drug-likeness (QED) is 0.649. The number of benzene rings is 1. The molecule has 3 aromatic rings. The SMILES string of the molecule is Brc1cccc(-c2nc(CN3CCN(c4ncccn4)CC3)cs2)c1. The summed E-state index contributed by atoms with van der Waals surface area (Å²) < 4.78 is 1.08. The lowest BCUT2D eigenvalue weighted by Crippen LogP contribution is -2.46. The van der Waals surface area contributed by atoms with E-state index in [1.807, 2.05) is 18.2 Å². The van der Waals surface area contributed by atoms with Gasteiger partial charge in [-0.15, -0.1) is 11.3 Å². The van der Waals surface area contributed by atoms with Crippen molar-refractivity contribution in [2.24, 2.45) is 0 Å². The Balaban J connectivity index is 1.36. The van der Waals surface area contributed by atoms with Crippen molar-refractivity contribution >= 4 is 33.2 Å². The smallest absolute Gasteiger partial charge is 0.225 e. The molecule has 4 rings (SSSR count). The second-order valence-corrected chi connectivity index (χ2v) is 7.74. The zero-order valence-electron chi connectivity index (χ0n) is 13.7. The van der Waals surface area contributed by atoms with Gasteiger partial charge in [0.25, 0.3) is 0 Å². The summed E-state index contributed by atoms with van der Waals surface area (Å²) in [6.07, 6.45) is 3.60. The minimum atomic E-state index is 0.827. The Labute approximate surface area is 159 Å². The first-order chi connectivity index (χ1) is 12.3. The fourth-order valence-corrected chi connectivity index (χ4v) is 4.13. The van der Waals surface area contributed by atoms with Crippen LogP contribution in [-0.4, -0.2) is 46.0 Å². The maximum atomic E-state index is 4.81. The summed E-state index contributed by atoms with van der Waals surface area (Å²) in [5.41, 5.74) is 2.31. The molecule has 1 aliphatic heterocycles. The van der Waals surface area contributed by atoms with Crippen molar-refractivity contribution < 1.29 is 0 Å². The summed E-state index contributed by atoms with van der Waals surface area (Å²) >= 11 is 5.23. The fourth-order valence-electron chi connectivity index (χ4n) is 2.92. The van der Waals surface area contributed by atoms with Crippen molar-refractivity contribution in [1.29, 1.82) is 0 Å². The topological polar surface area (TPSA) is 45.2 Å². The largest absolute Gasteiger partial charge is 0.338 e. The van der Waals surface area contributed by atoms with E-state index in [9.17, 15) is 0 Å². The van der Waals surface area contributed by atoms with Gasteiger partial charge in [-0.2, -0.15) is 0 Å².